The van der Waals surface area contributed by atoms with E-state index in [1.165, 1.54) is 43.8 Å². The van der Waals surface area contributed by atoms with Crippen molar-refractivity contribution in [2.45, 2.75) is 11.4 Å². The summed E-state index contributed by atoms with van der Waals surface area (Å²) in [5, 5.41) is 3.65. The maximum absolute atomic E-state index is 13.6. The van der Waals surface area contributed by atoms with Crippen LogP contribution in [-0.4, -0.2) is 45.4 Å². The van der Waals surface area contributed by atoms with Crippen LogP contribution in [0.25, 0.3) is 10.1 Å². The number of carbonyl (C=O) groups excluding carboxylic acids is 2. The Labute approximate surface area is 223 Å². The SMILES string of the molecule is COC(=O)c1cc2cc(NC(=O)CN(Cc3ccccc3)S(=O)(=O)c3ccc(OC)c(Cl)c3)ccc2s1. The van der Waals surface area contributed by atoms with Gasteiger partial charge in [0.2, 0.25) is 15.9 Å². The largest absolute Gasteiger partial charge is 0.495 e. The molecule has 37 heavy (non-hydrogen) atoms. The third-order valence-corrected chi connectivity index (χ3v) is 8.65. The summed E-state index contributed by atoms with van der Waals surface area (Å²) < 4.78 is 38.9. The highest BCUT2D eigenvalue weighted by atomic mass is 35.5. The second-order valence-corrected chi connectivity index (χ2v) is 11.4. The van der Waals surface area contributed by atoms with Crippen molar-refractivity contribution >= 4 is 60.6 Å². The standard InChI is InChI=1S/C26H23ClN2O6S2/c1-34-22-10-9-20(14-21(22)27)37(32,33)29(15-17-6-4-3-5-7-17)16-25(30)28-19-8-11-23-18(12-19)13-24(36-23)26(31)35-2/h3-14H,15-16H2,1-2H3,(H,28,30). The number of anilines is 1. The number of sulfonamides is 1. The zero-order chi connectivity index (χ0) is 26.6. The minimum absolute atomic E-state index is 0.0215. The van der Waals surface area contributed by atoms with Crippen molar-refractivity contribution in [3.63, 3.8) is 0 Å². The predicted octanol–water partition coefficient (Wildman–Crippen LogP) is 5.18. The Morgan fingerprint density at radius 3 is 2.43 bits per heavy atom. The van der Waals surface area contributed by atoms with Gasteiger partial charge in [0, 0.05) is 16.9 Å². The summed E-state index contributed by atoms with van der Waals surface area (Å²) >= 11 is 7.46. The molecule has 0 aliphatic carbocycles. The minimum Gasteiger partial charge on any atom is -0.495 e. The van der Waals surface area contributed by atoms with Gasteiger partial charge in [-0.25, -0.2) is 13.2 Å². The first-order valence-corrected chi connectivity index (χ1v) is 13.6. The molecular formula is C26H23ClN2O6S2. The number of rotatable bonds is 9. The van der Waals surface area contributed by atoms with E-state index in [1.54, 1.807) is 48.5 Å². The summed E-state index contributed by atoms with van der Waals surface area (Å²) in [6.07, 6.45) is 0. The summed E-state index contributed by atoms with van der Waals surface area (Å²) in [6.45, 7) is -0.456. The molecule has 192 valence electrons. The molecule has 8 nitrogen and oxygen atoms in total. The fraction of sp³-hybridized carbons (Fsp3) is 0.154. The van der Waals surface area contributed by atoms with E-state index in [0.29, 0.717) is 21.9 Å². The number of ether oxygens (including phenoxy) is 2. The van der Waals surface area contributed by atoms with Crippen molar-refractivity contribution in [1.82, 2.24) is 4.31 Å². The number of halogens is 1. The molecule has 0 atom stereocenters. The van der Waals surface area contributed by atoms with Crippen molar-refractivity contribution in [2.75, 3.05) is 26.1 Å². The predicted molar refractivity (Wildman–Crippen MR) is 144 cm³/mol. The number of fused-ring (bicyclic) bond motifs is 1. The molecular weight excluding hydrogens is 536 g/mol. The van der Waals surface area contributed by atoms with E-state index in [9.17, 15) is 18.0 Å². The average molecular weight is 559 g/mol. The molecule has 1 heterocycles. The van der Waals surface area contributed by atoms with E-state index in [4.69, 9.17) is 21.1 Å². The molecule has 4 aromatic rings. The van der Waals surface area contributed by atoms with E-state index in [0.717, 1.165) is 14.4 Å². The van der Waals surface area contributed by atoms with Crippen LogP contribution in [0, 0.1) is 0 Å². The molecule has 11 heteroatoms. The van der Waals surface area contributed by atoms with E-state index in [1.807, 2.05) is 6.07 Å². The molecule has 0 saturated carbocycles. The lowest BCUT2D eigenvalue weighted by molar-refractivity contribution is -0.116. The van der Waals surface area contributed by atoms with Crippen LogP contribution in [0.3, 0.4) is 0 Å². The van der Waals surface area contributed by atoms with Crippen LogP contribution in [0.4, 0.5) is 5.69 Å². The smallest absolute Gasteiger partial charge is 0.348 e. The Morgan fingerprint density at radius 2 is 1.76 bits per heavy atom. The number of carbonyl (C=O) groups is 2. The Bertz CT molecular complexity index is 1550. The number of methoxy groups -OCH3 is 2. The van der Waals surface area contributed by atoms with Crippen molar-refractivity contribution in [2.24, 2.45) is 0 Å². The summed E-state index contributed by atoms with van der Waals surface area (Å²) in [4.78, 5) is 25.2. The molecule has 1 aromatic heterocycles. The molecule has 0 fully saturated rings. The Morgan fingerprint density at radius 1 is 1.00 bits per heavy atom. The lowest BCUT2D eigenvalue weighted by Gasteiger charge is -2.22. The second-order valence-electron chi connectivity index (χ2n) is 7.96. The summed E-state index contributed by atoms with van der Waals surface area (Å²) in [7, 11) is -1.35. The minimum atomic E-state index is -4.10. The van der Waals surface area contributed by atoms with Crippen LogP contribution in [0.5, 0.6) is 5.75 Å². The molecule has 0 bridgehead atoms. The van der Waals surface area contributed by atoms with Gasteiger partial charge >= 0.3 is 5.97 Å². The lowest BCUT2D eigenvalue weighted by Crippen LogP contribution is -2.37. The van der Waals surface area contributed by atoms with E-state index in [-0.39, 0.29) is 16.5 Å². The maximum Gasteiger partial charge on any atom is 0.348 e. The van der Waals surface area contributed by atoms with Gasteiger partial charge < -0.3 is 14.8 Å². The molecule has 0 spiro atoms. The molecule has 1 amide bonds. The number of thiophene rings is 1. The number of nitrogens with one attached hydrogen (secondary N) is 1. The molecule has 4 rings (SSSR count). The second kappa shape index (κ2) is 11.3. The molecule has 0 saturated heterocycles. The van der Waals surface area contributed by atoms with Gasteiger partial charge in [-0.05, 0) is 53.4 Å². The van der Waals surface area contributed by atoms with Crippen molar-refractivity contribution in [1.29, 1.82) is 0 Å². The number of nitrogens with zero attached hydrogens (tertiary/aromatic N) is 1. The summed E-state index contributed by atoms with van der Waals surface area (Å²) in [5.74, 6) is -0.624. The molecule has 3 aromatic carbocycles. The quantitative estimate of drug-likeness (QED) is 0.284. The van der Waals surface area contributed by atoms with Gasteiger partial charge in [0.25, 0.3) is 0 Å². The first kappa shape index (κ1) is 26.6. The molecule has 0 aliphatic heterocycles. The zero-order valence-corrected chi connectivity index (χ0v) is 22.3. The molecule has 0 radical (unpaired) electrons. The van der Waals surface area contributed by atoms with Gasteiger partial charge in [-0.3, -0.25) is 4.79 Å². The van der Waals surface area contributed by atoms with Gasteiger partial charge in [-0.2, -0.15) is 4.31 Å². The fourth-order valence-corrected chi connectivity index (χ4v) is 6.35. The summed E-state index contributed by atoms with van der Waals surface area (Å²) in [5.41, 5.74) is 1.18. The number of hydrogen-bond donors (Lipinski definition) is 1. The maximum atomic E-state index is 13.6. The van der Waals surface area contributed by atoms with Crippen LogP contribution >= 0.6 is 22.9 Å². The summed E-state index contributed by atoms with van der Waals surface area (Å²) in [6, 6.07) is 20.0. The van der Waals surface area contributed by atoms with Crippen molar-refractivity contribution in [3.05, 3.63) is 88.3 Å². The highest BCUT2D eigenvalue weighted by Crippen LogP contribution is 2.30. The van der Waals surface area contributed by atoms with E-state index < -0.39 is 28.4 Å². The average Bonchev–Trinajstić information content (AvgIpc) is 3.32. The monoisotopic (exact) mass is 558 g/mol. The number of hydrogen-bond acceptors (Lipinski definition) is 7. The zero-order valence-electron chi connectivity index (χ0n) is 19.9. The Kier molecular flexibility index (Phi) is 8.13. The third kappa shape index (κ3) is 6.11. The van der Waals surface area contributed by atoms with Crippen molar-refractivity contribution < 1.29 is 27.5 Å². The van der Waals surface area contributed by atoms with Crippen molar-refractivity contribution in [3.8, 4) is 5.75 Å². The van der Waals surface area contributed by atoms with Gasteiger partial charge in [0.05, 0.1) is 30.7 Å². The highest BCUT2D eigenvalue weighted by molar-refractivity contribution is 7.89. The number of benzene rings is 3. The first-order chi connectivity index (χ1) is 17.7. The highest BCUT2D eigenvalue weighted by Gasteiger charge is 2.28. The van der Waals surface area contributed by atoms with Gasteiger partial charge in [0.1, 0.15) is 10.6 Å². The molecule has 1 N–H and O–H groups in total. The van der Waals surface area contributed by atoms with Crippen LogP contribution in [0.2, 0.25) is 5.02 Å². The molecule has 0 unspecified atom stereocenters. The topological polar surface area (TPSA) is 102 Å². The van der Waals surface area contributed by atoms with Crippen LogP contribution in [-0.2, 0) is 26.1 Å². The van der Waals surface area contributed by atoms with E-state index in [2.05, 4.69) is 5.32 Å². The van der Waals surface area contributed by atoms with Crippen LogP contribution in [0.15, 0.2) is 77.7 Å². The Hall–Kier alpha value is -3.44. The first-order valence-electron chi connectivity index (χ1n) is 11.0. The fourth-order valence-electron chi connectivity index (χ4n) is 3.65. The lowest BCUT2D eigenvalue weighted by atomic mass is 10.2. The third-order valence-electron chi connectivity index (χ3n) is 5.47. The van der Waals surface area contributed by atoms with Gasteiger partial charge in [-0.1, -0.05) is 41.9 Å². The normalized spacial score (nSPS) is 11.5. The number of esters is 1. The van der Waals surface area contributed by atoms with Crippen LogP contribution < -0.4 is 10.1 Å². The van der Waals surface area contributed by atoms with Crippen LogP contribution in [0.1, 0.15) is 15.2 Å². The Balaban J connectivity index is 1.59. The van der Waals surface area contributed by atoms with E-state index >= 15 is 0 Å². The van der Waals surface area contributed by atoms with Gasteiger partial charge in [0.15, 0.2) is 0 Å². The molecule has 0 aliphatic rings. The van der Waals surface area contributed by atoms with Gasteiger partial charge in [-0.15, -0.1) is 11.3 Å². The number of amides is 1.